The Morgan fingerprint density at radius 1 is 1.22 bits per heavy atom. The minimum absolute atomic E-state index is 0.110. The van der Waals surface area contributed by atoms with Crippen LogP contribution >= 0.6 is 0 Å². The summed E-state index contributed by atoms with van der Waals surface area (Å²) < 4.78 is 0. The first-order chi connectivity index (χ1) is 11.1. The highest BCUT2D eigenvalue weighted by Crippen LogP contribution is 2.06. The third kappa shape index (κ3) is 4.88. The van der Waals surface area contributed by atoms with Crippen molar-refractivity contribution in [1.82, 2.24) is 20.6 Å². The van der Waals surface area contributed by atoms with Crippen LogP contribution in [0.2, 0.25) is 0 Å². The first-order valence-electron chi connectivity index (χ1n) is 7.54. The van der Waals surface area contributed by atoms with Crippen molar-refractivity contribution in [2.24, 2.45) is 0 Å². The molecule has 0 saturated carbocycles. The molecule has 0 saturated heterocycles. The fourth-order valence-corrected chi connectivity index (χ4v) is 1.92. The topological polar surface area (TPSA) is 84.0 Å². The van der Waals surface area contributed by atoms with E-state index in [0.717, 1.165) is 12.0 Å². The van der Waals surface area contributed by atoms with Gasteiger partial charge in [-0.3, -0.25) is 14.6 Å². The van der Waals surface area contributed by atoms with Crippen LogP contribution in [-0.2, 0) is 6.54 Å². The molecule has 0 aliphatic heterocycles. The summed E-state index contributed by atoms with van der Waals surface area (Å²) in [6, 6.07) is 7.31. The fraction of sp³-hybridized carbons (Fsp3) is 0.294. The lowest BCUT2D eigenvalue weighted by atomic mass is 10.1. The molecule has 0 aliphatic carbocycles. The van der Waals surface area contributed by atoms with Gasteiger partial charge in [0.25, 0.3) is 11.8 Å². The quantitative estimate of drug-likeness (QED) is 0.853. The molecule has 0 bridgehead atoms. The van der Waals surface area contributed by atoms with Crippen molar-refractivity contribution >= 4 is 11.8 Å². The van der Waals surface area contributed by atoms with Gasteiger partial charge in [-0.2, -0.15) is 0 Å². The second-order valence-corrected chi connectivity index (χ2v) is 5.26. The van der Waals surface area contributed by atoms with Gasteiger partial charge in [-0.05, 0) is 31.0 Å². The highest BCUT2D eigenvalue weighted by molar-refractivity contribution is 5.94. The Bertz CT molecular complexity index is 673. The molecular weight excluding hydrogens is 292 g/mol. The molecule has 6 nitrogen and oxygen atoms in total. The van der Waals surface area contributed by atoms with E-state index in [4.69, 9.17) is 0 Å². The van der Waals surface area contributed by atoms with Crippen LogP contribution in [0.5, 0.6) is 0 Å². The van der Waals surface area contributed by atoms with Crippen LogP contribution in [0.1, 0.15) is 46.7 Å². The maximum atomic E-state index is 12.1. The van der Waals surface area contributed by atoms with Gasteiger partial charge in [-0.1, -0.05) is 19.1 Å². The highest BCUT2D eigenvalue weighted by atomic mass is 16.2. The molecule has 2 rings (SSSR count). The molecule has 1 atom stereocenters. The highest BCUT2D eigenvalue weighted by Gasteiger charge is 2.10. The maximum absolute atomic E-state index is 12.1. The molecule has 1 heterocycles. The number of nitrogens with zero attached hydrogens (tertiary/aromatic N) is 2. The van der Waals surface area contributed by atoms with E-state index in [1.165, 1.54) is 18.6 Å². The smallest absolute Gasteiger partial charge is 0.271 e. The predicted octanol–water partition coefficient (Wildman–Crippen LogP) is 1.93. The number of hydrogen-bond donors (Lipinski definition) is 2. The standard InChI is InChI=1S/C17H20N4O2/c1-3-12(2)21-16(22)14-6-4-5-13(9-14)10-20-17(23)15-11-18-7-8-19-15/h4-9,11-12H,3,10H2,1-2H3,(H,20,23)(H,21,22)/t12-/m1/s1. The number of amides is 2. The molecule has 0 radical (unpaired) electrons. The average Bonchev–Trinajstić information content (AvgIpc) is 2.60. The van der Waals surface area contributed by atoms with Crippen LogP contribution < -0.4 is 10.6 Å². The summed E-state index contributed by atoms with van der Waals surface area (Å²) in [7, 11) is 0. The van der Waals surface area contributed by atoms with Crippen LogP contribution in [0.3, 0.4) is 0 Å². The molecule has 1 aromatic heterocycles. The van der Waals surface area contributed by atoms with Crippen molar-refractivity contribution in [3.8, 4) is 0 Å². The zero-order valence-electron chi connectivity index (χ0n) is 13.2. The maximum Gasteiger partial charge on any atom is 0.271 e. The molecular formula is C17H20N4O2. The van der Waals surface area contributed by atoms with E-state index in [1.54, 1.807) is 18.2 Å². The largest absolute Gasteiger partial charge is 0.350 e. The molecule has 0 spiro atoms. The van der Waals surface area contributed by atoms with E-state index in [1.807, 2.05) is 19.9 Å². The van der Waals surface area contributed by atoms with E-state index in [-0.39, 0.29) is 23.6 Å². The number of rotatable bonds is 6. The van der Waals surface area contributed by atoms with Gasteiger partial charge in [0.05, 0.1) is 6.20 Å². The number of carbonyl (C=O) groups excluding carboxylic acids is 2. The van der Waals surface area contributed by atoms with E-state index < -0.39 is 0 Å². The fourth-order valence-electron chi connectivity index (χ4n) is 1.92. The van der Waals surface area contributed by atoms with Gasteiger partial charge in [0.2, 0.25) is 0 Å². The minimum atomic E-state index is -0.299. The summed E-state index contributed by atoms with van der Waals surface area (Å²) in [6.07, 6.45) is 5.26. The molecule has 2 amide bonds. The lowest BCUT2D eigenvalue weighted by Crippen LogP contribution is -2.32. The summed E-state index contributed by atoms with van der Waals surface area (Å²) in [4.78, 5) is 31.8. The molecule has 0 aliphatic rings. The molecule has 6 heteroatoms. The lowest BCUT2D eigenvalue weighted by molar-refractivity contribution is 0.0935. The van der Waals surface area contributed by atoms with Crippen molar-refractivity contribution in [1.29, 1.82) is 0 Å². The SMILES string of the molecule is CC[C@@H](C)NC(=O)c1cccc(CNC(=O)c2cnccn2)c1. The van der Waals surface area contributed by atoms with Crippen molar-refractivity contribution in [2.45, 2.75) is 32.9 Å². The number of hydrogen-bond acceptors (Lipinski definition) is 4. The van der Waals surface area contributed by atoms with Crippen LogP contribution in [0, 0.1) is 0 Å². The normalized spacial score (nSPS) is 11.6. The van der Waals surface area contributed by atoms with Gasteiger partial charge in [-0.25, -0.2) is 4.98 Å². The van der Waals surface area contributed by atoms with Crippen molar-refractivity contribution in [3.63, 3.8) is 0 Å². The number of nitrogens with one attached hydrogen (secondary N) is 2. The third-order valence-electron chi connectivity index (χ3n) is 3.43. The Labute approximate surface area is 135 Å². The van der Waals surface area contributed by atoms with Gasteiger partial charge >= 0.3 is 0 Å². The monoisotopic (exact) mass is 312 g/mol. The zero-order chi connectivity index (χ0) is 16.7. The molecule has 0 fully saturated rings. The Morgan fingerprint density at radius 3 is 2.74 bits per heavy atom. The van der Waals surface area contributed by atoms with Gasteiger partial charge < -0.3 is 10.6 Å². The Kier molecular flexibility index (Phi) is 5.80. The minimum Gasteiger partial charge on any atom is -0.350 e. The van der Waals surface area contributed by atoms with Gasteiger partial charge in [0, 0.05) is 30.5 Å². The van der Waals surface area contributed by atoms with E-state index in [0.29, 0.717) is 12.1 Å². The summed E-state index contributed by atoms with van der Waals surface area (Å²) >= 11 is 0. The van der Waals surface area contributed by atoms with Crippen molar-refractivity contribution in [2.75, 3.05) is 0 Å². The molecule has 120 valence electrons. The summed E-state index contributed by atoms with van der Waals surface area (Å²) in [6.45, 7) is 4.30. The molecule has 2 N–H and O–H groups in total. The van der Waals surface area contributed by atoms with E-state index in [2.05, 4.69) is 20.6 Å². The second-order valence-electron chi connectivity index (χ2n) is 5.26. The van der Waals surface area contributed by atoms with Gasteiger partial charge in [0.15, 0.2) is 0 Å². The zero-order valence-corrected chi connectivity index (χ0v) is 13.2. The van der Waals surface area contributed by atoms with E-state index in [9.17, 15) is 9.59 Å². The summed E-state index contributed by atoms with van der Waals surface area (Å²) in [5.74, 6) is -0.408. The predicted molar refractivity (Wildman–Crippen MR) is 86.9 cm³/mol. The first-order valence-corrected chi connectivity index (χ1v) is 7.54. The van der Waals surface area contributed by atoms with Crippen LogP contribution in [-0.4, -0.2) is 27.8 Å². The molecule has 23 heavy (non-hydrogen) atoms. The Hall–Kier alpha value is -2.76. The lowest BCUT2D eigenvalue weighted by Gasteiger charge is -2.12. The molecule has 2 aromatic rings. The van der Waals surface area contributed by atoms with Crippen LogP contribution in [0.4, 0.5) is 0 Å². The Morgan fingerprint density at radius 2 is 2.04 bits per heavy atom. The van der Waals surface area contributed by atoms with Crippen molar-refractivity contribution in [3.05, 3.63) is 59.7 Å². The molecule has 1 aromatic carbocycles. The van der Waals surface area contributed by atoms with Gasteiger partial charge in [0.1, 0.15) is 5.69 Å². The Balaban J connectivity index is 1.97. The summed E-state index contributed by atoms with van der Waals surface area (Å²) in [5, 5.41) is 5.68. The number of benzene rings is 1. The second kappa shape index (κ2) is 8.03. The van der Waals surface area contributed by atoms with E-state index >= 15 is 0 Å². The van der Waals surface area contributed by atoms with Crippen molar-refractivity contribution < 1.29 is 9.59 Å². The average molecular weight is 312 g/mol. The van der Waals surface area contributed by atoms with Gasteiger partial charge in [-0.15, -0.1) is 0 Å². The first kappa shape index (κ1) is 16.6. The number of aromatic nitrogens is 2. The third-order valence-corrected chi connectivity index (χ3v) is 3.43. The van der Waals surface area contributed by atoms with Crippen LogP contribution in [0.15, 0.2) is 42.9 Å². The van der Waals surface area contributed by atoms with Crippen LogP contribution in [0.25, 0.3) is 0 Å². The molecule has 0 unspecified atom stereocenters. The number of carbonyl (C=O) groups is 2. The summed E-state index contributed by atoms with van der Waals surface area (Å²) in [5.41, 5.74) is 1.69.